The third-order valence-electron chi connectivity index (χ3n) is 2.66. The van der Waals surface area contributed by atoms with Crippen LogP contribution in [0.15, 0.2) is 24.3 Å². The van der Waals surface area contributed by atoms with E-state index in [4.69, 9.17) is 0 Å². The van der Waals surface area contributed by atoms with Gasteiger partial charge in [0.15, 0.2) is 0 Å². The zero-order valence-corrected chi connectivity index (χ0v) is 10.0. The lowest BCUT2D eigenvalue weighted by atomic mass is 10.1. The molecular weight excluding hydrogens is 224 g/mol. The molecule has 1 aromatic carbocycles. The predicted octanol–water partition coefficient (Wildman–Crippen LogP) is 1.33. The SMILES string of the molecule is CS(=O)(=O)CCC1CNc2ccccc2N1. The summed E-state index contributed by atoms with van der Waals surface area (Å²) in [6, 6.07) is 8.13. The maximum Gasteiger partial charge on any atom is 0.147 e. The van der Waals surface area contributed by atoms with Crippen LogP contribution in [0.2, 0.25) is 0 Å². The molecule has 1 heterocycles. The van der Waals surface area contributed by atoms with Crippen molar-refractivity contribution < 1.29 is 8.42 Å². The lowest BCUT2D eigenvalue weighted by Crippen LogP contribution is -2.34. The van der Waals surface area contributed by atoms with Gasteiger partial charge in [-0.05, 0) is 18.6 Å². The van der Waals surface area contributed by atoms with Gasteiger partial charge in [0.05, 0.1) is 17.1 Å². The first-order valence-electron chi connectivity index (χ1n) is 5.32. The molecule has 1 aliphatic rings. The normalized spacial score (nSPS) is 19.4. The molecule has 4 nitrogen and oxygen atoms in total. The molecule has 0 aliphatic carbocycles. The Morgan fingerprint density at radius 2 is 2.00 bits per heavy atom. The zero-order chi connectivity index (χ0) is 11.6. The van der Waals surface area contributed by atoms with E-state index in [1.54, 1.807) is 0 Å². The fraction of sp³-hybridized carbons (Fsp3) is 0.455. The highest BCUT2D eigenvalue weighted by atomic mass is 32.2. The summed E-state index contributed by atoms with van der Waals surface area (Å²) in [4.78, 5) is 0. The molecule has 0 aromatic heterocycles. The second-order valence-corrected chi connectivity index (χ2v) is 6.45. The average Bonchev–Trinajstić information content (AvgIpc) is 2.25. The van der Waals surface area contributed by atoms with Gasteiger partial charge in [-0.15, -0.1) is 0 Å². The fourth-order valence-corrected chi connectivity index (χ4v) is 2.51. The molecule has 2 N–H and O–H groups in total. The van der Waals surface area contributed by atoms with Crippen molar-refractivity contribution in [2.75, 3.05) is 29.2 Å². The van der Waals surface area contributed by atoms with Gasteiger partial charge >= 0.3 is 0 Å². The summed E-state index contributed by atoms with van der Waals surface area (Å²) in [5.41, 5.74) is 2.13. The first kappa shape index (κ1) is 11.3. The lowest BCUT2D eigenvalue weighted by Gasteiger charge is -2.28. The molecule has 1 aliphatic heterocycles. The Hall–Kier alpha value is -1.23. The molecule has 0 fully saturated rings. The first-order valence-corrected chi connectivity index (χ1v) is 7.38. The molecule has 2 rings (SSSR count). The number of para-hydroxylation sites is 2. The molecule has 1 aromatic rings. The average molecular weight is 240 g/mol. The lowest BCUT2D eigenvalue weighted by molar-refractivity contribution is 0.594. The molecule has 0 saturated heterocycles. The van der Waals surface area contributed by atoms with Gasteiger partial charge in [0.25, 0.3) is 0 Å². The topological polar surface area (TPSA) is 58.2 Å². The van der Waals surface area contributed by atoms with Crippen LogP contribution in [0.25, 0.3) is 0 Å². The van der Waals surface area contributed by atoms with Gasteiger partial charge in [-0.3, -0.25) is 0 Å². The third-order valence-corrected chi connectivity index (χ3v) is 3.64. The highest BCUT2D eigenvalue weighted by Gasteiger charge is 2.17. The molecule has 0 saturated carbocycles. The molecule has 5 heteroatoms. The van der Waals surface area contributed by atoms with E-state index >= 15 is 0 Å². The number of rotatable bonds is 3. The fourth-order valence-electron chi connectivity index (χ4n) is 1.80. The standard InChI is InChI=1S/C11H16N2O2S/c1-16(14,15)7-6-9-8-12-10-4-2-3-5-11(10)13-9/h2-5,9,12-13H,6-8H2,1H3. The van der Waals surface area contributed by atoms with Gasteiger partial charge < -0.3 is 10.6 Å². The van der Waals surface area contributed by atoms with E-state index in [1.807, 2.05) is 24.3 Å². The molecular formula is C11H16N2O2S. The number of anilines is 2. The quantitative estimate of drug-likeness (QED) is 0.837. The van der Waals surface area contributed by atoms with Crippen molar-refractivity contribution in [1.29, 1.82) is 0 Å². The summed E-state index contributed by atoms with van der Waals surface area (Å²) in [7, 11) is -2.87. The minimum atomic E-state index is -2.87. The van der Waals surface area contributed by atoms with Crippen LogP contribution in [-0.2, 0) is 9.84 Å². The maximum absolute atomic E-state index is 11.1. The summed E-state index contributed by atoms with van der Waals surface area (Å²) in [6.07, 6.45) is 1.91. The smallest absolute Gasteiger partial charge is 0.147 e. The Labute approximate surface area is 96.0 Å². The molecule has 16 heavy (non-hydrogen) atoms. The van der Waals surface area contributed by atoms with Crippen molar-refractivity contribution in [2.24, 2.45) is 0 Å². The van der Waals surface area contributed by atoms with Crippen molar-refractivity contribution in [3.8, 4) is 0 Å². The van der Waals surface area contributed by atoms with E-state index in [0.29, 0.717) is 6.42 Å². The largest absolute Gasteiger partial charge is 0.381 e. The minimum absolute atomic E-state index is 0.185. The number of fused-ring (bicyclic) bond motifs is 1. The van der Waals surface area contributed by atoms with Gasteiger partial charge in [0.2, 0.25) is 0 Å². The number of hydrogen-bond acceptors (Lipinski definition) is 4. The molecule has 0 bridgehead atoms. The summed E-state index contributed by atoms with van der Waals surface area (Å²) >= 11 is 0. The highest BCUT2D eigenvalue weighted by molar-refractivity contribution is 7.90. The first-order chi connectivity index (χ1) is 7.54. The van der Waals surface area contributed by atoms with Gasteiger partial charge in [0, 0.05) is 18.8 Å². The van der Waals surface area contributed by atoms with E-state index in [0.717, 1.165) is 17.9 Å². The van der Waals surface area contributed by atoms with Crippen LogP contribution < -0.4 is 10.6 Å². The van der Waals surface area contributed by atoms with Crippen molar-refractivity contribution in [2.45, 2.75) is 12.5 Å². The molecule has 1 unspecified atom stereocenters. The maximum atomic E-state index is 11.1. The summed E-state index contributed by atoms with van der Waals surface area (Å²) < 4.78 is 22.1. The van der Waals surface area contributed by atoms with E-state index in [1.165, 1.54) is 6.26 Å². The summed E-state index contributed by atoms with van der Waals surface area (Å²) in [5, 5.41) is 6.63. The van der Waals surface area contributed by atoms with Gasteiger partial charge in [-0.1, -0.05) is 12.1 Å². The van der Waals surface area contributed by atoms with Crippen molar-refractivity contribution in [3.63, 3.8) is 0 Å². The Bertz CT molecular complexity index is 471. The number of nitrogens with one attached hydrogen (secondary N) is 2. The van der Waals surface area contributed by atoms with Crippen LogP contribution >= 0.6 is 0 Å². The van der Waals surface area contributed by atoms with E-state index in [-0.39, 0.29) is 11.8 Å². The highest BCUT2D eigenvalue weighted by Crippen LogP contribution is 2.25. The van der Waals surface area contributed by atoms with Crippen LogP contribution in [0.5, 0.6) is 0 Å². The number of benzene rings is 1. The molecule has 88 valence electrons. The van der Waals surface area contributed by atoms with Crippen LogP contribution in [0.3, 0.4) is 0 Å². The summed E-state index contributed by atoms with van der Waals surface area (Å²) in [6.45, 7) is 0.770. The van der Waals surface area contributed by atoms with Gasteiger partial charge in [0.1, 0.15) is 9.84 Å². The number of hydrogen-bond donors (Lipinski definition) is 2. The van der Waals surface area contributed by atoms with Gasteiger partial charge in [-0.25, -0.2) is 8.42 Å². The van der Waals surface area contributed by atoms with Crippen molar-refractivity contribution >= 4 is 21.2 Å². The monoisotopic (exact) mass is 240 g/mol. The van der Waals surface area contributed by atoms with Crippen LogP contribution in [0.4, 0.5) is 11.4 Å². The summed E-state index contributed by atoms with van der Waals surface area (Å²) in [5.74, 6) is 0.231. The Balaban J connectivity index is 1.98. The molecule has 0 spiro atoms. The minimum Gasteiger partial charge on any atom is -0.381 e. The van der Waals surface area contributed by atoms with E-state index in [9.17, 15) is 8.42 Å². The van der Waals surface area contributed by atoms with Crippen molar-refractivity contribution in [3.05, 3.63) is 24.3 Å². The molecule has 0 radical (unpaired) electrons. The van der Waals surface area contributed by atoms with Crippen LogP contribution in [0, 0.1) is 0 Å². The Morgan fingerprint density at radius 1 is 1.31 bits per heavy atom. The Kier molecular flexibility index (Phi) is 3.05. The van der Waals surface area contributed by atoms with Crippen molar-refractivity contribution in [1.82, 2.24) is 0 Å². The van der Waals surface area contributed by atoms with Gasteiger partial charge in [-0.2, -0.15) is 0 Å². The van der Waals surface area contributed by atoms with Crippen LogP contribution in [-0.4, -0.2) is 33.0 Å². The zero-order valence-electron chi connectivity index (χ0n) is 9.23. The predicted molar refractivity (Wildman–Crippen MR) is 66.7 cm³/mol. The molecule has 1 atom stereocenters. The second-order valence-electron chi connectivity index (χ2n) is 4.19. The Morgan fingerprint density at radius 3 is 2.69 bits per heavy atom. The third kappa shape index (κ3) is 2.88. The van der Waals surface area contributed by atoms with E-state index in [2.05, 4.69) is 10.6 Å². The second kappa shape index (κ2) is 4.33. The van der Waals surface area contributed by atoms with Crippen LogP contribution in [0.1, 0.15) is 6.42 Å². The number of sulfone groups is 1. The van der Waals surface area contributed by atoms with E-state index < -0.39 is 9.84 Å². The molecule has 0 amide bonds.